The number of benzene rings is 1. The Bertz CT molecular complexity index is 1260. The second-order valence-corrected chi connectivity index (χ2v) is 7.66. The number of aryl methyl sites for hydroxylation is 2. The van der Waals surface area contributed by atoms with E-state index in [0.29, 0.717) is 26.8 Å². The number of halogens is 1. The van der Waals surface area contributed by atoms with Gasteiger partial charge in [0.1, 0.15) is 10.4 Å². The Morgan fingerprint density at radius 3 is 2.79 bits per heavy atom. The van der Waals surface area contributed by atoms with Gasteiger partial charge in [-0.05, 0) is 38.1 Å². The molecule has 0 fully saturated rings. The van der Waals surface area contributed by atoms with Gasteiger partial charge in [-0.25, -0.2) is 14.3 Å². The number of aromatic nitrogens is 3. The zero-order valence-corrected chi connectivity index (χ0v) is 16.8. The fourth-order valence-corrected chi connectivity index (χ4v) is 4.46. The van der Waals surface area contributed by atoms with Crippen molar-refractivity contribution in [2.24, 2.45) is 0 Å². The molecule has 0 atom stereocenters. The molecule has 0 saturated carbocycles. The van der Waals surface area contributed by atoms with Crippen LogP contribution in [0.4, 0.5) is 5.69 Å². The molecule has 4 aromatic rings. The lowest BCUT2D eigenvalue weighted by molar-refractivity contribution is 0.0606. The summed E-state index contributed by atoms with van der Waals surface area (Å²) >= 11 is 7.48. The highest BCUT2D eigenvalue weighted by Gasteiger charge is 2.19. The fraction of sp³-hybridized carbons (Fsp3) is 0.158. The molecule has 0 aliphatic heterocycles. The largest absolute Gasteiger partial charge is 0.465 e. The van der Waals surface area contributed by atoms with Crippen molar-refractivity contribution in [2.75, 3.05) is 12.4 Å². The first-order valence-corrected chi connectivity index (χ1v) is 9.52. The zero-order valence-electron chi connectivity index (χ0n) is 15.2. The SMILES string of the molecule is COC(=O)c1sc2cc(NC(=O)c3cnn4c(C)cc(C)nc34)ccc2c1Cl. The molecule has 9 heteroatoms. The molecule has 0 aliphatic rings. The molecule has 0 spiro atoms. The van der Waals surface area contributed by atoms with Crippen LogP contribution in [0.25, 0.3) is 15.7 Å². The van der Waals surface area contributed by atoms with Crippen molar-refractivity contribution in [3.8, 4) is 0 Å². The quantitative estimate of drug-likeness (QED) is 0.506. The van der Waals surface area contributed by atoms with E-state index in [1.807, 2.05) is 19.9 Å². The van der Waals surface area contributed by atoms with Crippen LogP contribution in [0.15, 0.2) is 30.5 Å². The standard InChI is InChI=1S/C19H15ClN4O3S/c1-9-6-10(2)24-17(22-9)13(8-21-24)18(25)23-11-4-5-12-14(7-11)28-16(15(12)20)19(26)27-3/h4-8H,1-3H3,(H,23,25). The van der Waals surface area contributed by atoms with Crippen LogP contribution >= 0.6 is 22.9 Å². The summed E-state index contributed by atoms with van der Waals surface area (Å²) in [6.45, 7) is 3.78. The number of anilines is 1. The van der Waals surface area contributed by atoms with Gasteiger partial charge in [0.2, 0.25) is 0 Å². The lowest BCUT2D eigenvalue weighted by atomic mass is 10.2. The van der Waals surface area contributed by atoms with Gasteiger partial charge >= 0.3 is 5.97 Å². The number of carbonyl (C=O) groups is 2. The Morgan fingerprint density at radius 2 is 2.04 bits per heavy atom. The van der Waals surface area contributed by atoms with Crippen molar-refractivity contribution < 1.29 is 14.3 Å². The summed E-state index contributed by atoms with van der Waals surface area (Å²) in [7, 11) is 1.31. The van der Waals surface area contributed by atoms with Crippen LogP contribution in [-0.2, 0) is 4.74 Å². The van der Waals surface area contributed by atoms with E-state index in [-0.39, 0.29) is 5.91 Å². The number of amides is 1. The highest BCUT2D eigenvalue weighted by atomic mass is 35.5. The molecule has 0 aliphatic carbocycles. The summed E-state index contributed by atoms with van der Waals surface area (Å²) in [5, 5.41) is 8.18. The van der Waals surface area contributed by atoms with Gasteiger partial charge in [0.05, 0.1) is 18.3 Å². The maximum atomic E-state index is 12.8. The highest BCUT2D eigenvalue weighted by Crippen LogP contribution is 2.37. The van der Waals surface area contributed by atoms with Crippen molar-refractivity contribution in [3.05, 3.63) is 57.3 Å². The maximum Gasteiger partial charge on any atom is 0.349 e. The van der Waals surface area contributed by atoms with Gasteiger partial charge in [-0.2, -0.15) is 5.10 Å². The van der Waals surface area contributed by atoms with Gasteiger partial charge in [-0.3, -0.25) is 4.79 Å². The molecule has 0 bridgehead atoms. The minimum Gasteiger partial charge on any atom is -0.465 e. The van der Waals surface area contributed by atoms with Crippen molar-refractivity contribution >= 4 is 56.2 Å². The molecule has 1 amide bonds. The summed E-state index contributed by atoms with van der Waals surface area (Å²) in [6, 6.07) is 7.16. The van der Waals surface area contributed by atoms with Gasteiger partial charge in [-0.1, -0.05) is 11.6 Å². The minimum absolute atomic E-state index is 0.317. The summed E-state index contributed by atoms with van der Waals surface area (Å²) in [5.41, 5.74) is 3.17. The molecule has 142 valence electrons. The number of methoxy groups -OCH3 is 1. The van der Waals surface area contributed by atoms with Crippen LogP contribution < -0.4 is 5.32 Å². The monoisotopic (exact) mass is 414 g/mol. The second kappa shape index (κ2) is 6.88. The maximum absolute atomic E-state index is 12.8. The van der Waals surface area contributed by atoms with Crippen LogP contribution in [0, 0.1) is 13.8 Å². The average molecular weight is 415 g/mol. The summed E-state index contributed by atoms with van der Waals surface area (Å²) in [5.74, 6) is -0.803. The predicted molar refractivity (Wildman–Crippen MR) is 109 cm³/mol. The molecule has 1 N–H and O–H groups in total. The molecule has 3 heterocycles. The Kier molecular flexibility index (Phi) is 4.52. The van der Waals surface area contributed by atoms with Crippen LogP contribution in [0.1, 0.15) is 31.4 Å². The Balaban J connectivity index is 1.68. The van der Waals surface area contributed by atoms with Crippen molar-refractivity contribution in [1.82, 2.24) is 14.6 Å². The van der Waals surface area contributed by atoms with Crippen LogP contribution in [-0.4, -0.2) is 33.6 Å². The molecule has 28 heavy (non-hydrogen) atoms. The molecular formula is C19H15ClN4O3S. The van der Waals surface area contributed by atoms with E-state index in [4.69, 9.17) is 16.3 Å². The molecule has 4 rings (SSSR count). The second-order valence-electron chi connectivity index (χ2n) is 6.23. The molecule has 0 unspecified atom stereocenters. The third-order valence-corrected chi connectivity index (χ3v) is 5.92. The van der Waals surface area contributed by atoms with Gasteiger partial charge in [-0.15, -0.1) is 11.3 Å². The van der Waals surface area contributed by atoms with E-state index in [9.17, 15) is 9.59 Å². The average Bonchev–Trinajstić information content (AvgIpc) is 3.22. The van der Waals surface area contributed by atoms with Crippen molar-refractivity contribution in [2.45, 2.75) is 13.8 Å². The third-order valence-electron chi connectivity index (χ3n) is 4.28. The fourth-order valence-electron chi connectivity index (χ4n) is 3.00. The van der Waals surface area contributed by atoms with E-state index in [2.05, 4.69) is 15.4 Å². The minimum atomic E-state index is -0.486. The van der Waals surface area contributed by atoms with E-state index >= 15 is 0 Å². The number of nitrogens with one attached hydrogen (secondary N) is 1. The van der Waals surface area contributed by atoms with E-state index in [1.165, 1.54) is 24.6 Å². The molecule has 7 nitrogen and oxygen atoms in total. The molecule has 3 aromatic heterocycles. The highest BCUT2D eigenvalue weighted by molar-refractivity contribution is 7.21. The Hall–Kier alpha value is -2.97. The van der Waals surface area contributed by atoms with Gasteiger partial charge in [0.25, 0.3) is 5.91 Å². The number of rotatable bonds is 3. The Labute approximate surface area is 168 Å². The molecule has 0 saturated heterocycles. The number of nitrogens with zero attached hydrogens (tertiary/aromatic N) is 3. The number of ether oxygens (including phenoxy) is 1. The van der Waals surface area contributed by atoms with Crippen molar-refractivity contribution in [3.63, 3.8) is 0 Å². The lowest BCUT2D eigenvalue weighted by Gasteiger charge is -2.05. The predicted octanol–water partition coefficient (Wildman–Crippen LogP) is 4.25. The molecule has 1 aromatic carbocycles. The summed E-state index contributed by atoms with van der Waals surface area (Å²) < 4.78 is 7.15. The summed E-state index contributed by atoms with van der Waals surface area (Å²) in [6.07, 6.45) is 1.50. The number of hydrogen-bond acceptors (Lipinski definition) is 6. The third kappa shape index (κ3) is 3.00. The molecule has 0 radical (unpaired) electrons. The van der Waals surface area contributed by atoms with Crippen molar-refractivity contribution in [1.29, 1.82) is 0 Å². The van der Waals surface area contributed by atoms with Gasteiger partial charge in [0, 0.05) is 27.2 Å². The topological polar surface area (TPSA) is 85.6 Å². The van der Waals surface area contributed by atoms with Gasteiger partial charge in [0.15, 0.2) is 5.65 Å². The first-order chi connectivity index (χ1) is 13.4. The number of carbonyl (C=O) groups excluding carboxylic acids is 2. The van der Waals surface area contributed by atoms with Crippen LogP contribution in [0.2, 0.25) is 5.02 Å². The number of esters is 1. The lowest BCUT2D eigenvalue weighted by Crippen LogP contribution is -2.12. The van der Waals surface area contributed by atoms with E-state index in [1.54, 1.807) is 22.7 Å². The summed E-state index contributed by atoms with van der Waals surface area (Å²) in [4.78, 5) is 29.4. The number of fused-ring (bicyclic) bond motifs is 2. The van der Waals surface area contributed by atoms with E-state index in [0.717, 1.165) is 21.5 Å². The Morgan fingerprint density at radius 1 is 1.25 bits per heavy atom. The van der Waals surface area contributed by atoms with Gasteiger partial charge < -0.3 is 10.1 Å². The first kappa shape index (κ1) is 18.4. The number of hydrogen-bond donors (Lipinski definition) is 1. The van der Waals surface area contributed by atoms with E-state index < -0.39 is 5.97 Å². The van der Waals surface area contributed by atoms with Crippen LogP contribution in [0.5, 0.6) is 0 Å². The molecular weight excluding hydrogens is 400 g/mol. The smallest absolute Gasteiger partial charge is 0.349 e. The van der Waals surface area contributed by atoms with Crippen LogP contribution in [0.3, 0.4) is 0 Å². The normalized spacial score (nSPS) is 11.1. The zero-order chi connectivity index (χ0) is 20.0. The number of thiophene rings is 1. The first-order valence-electron chi connectivity index (χ1n) is 8.32.